The van der Waals surface area contributed by atoms with Crippen molar-refractivity contribution in [3.63, 3.8) is 0 Å². The molecule has 4 aromatic rings. The number of esters is 1. The third-order valence-electron chi connectivity index (χ3n) is 8.34. The molecule has 4 rings (SSSR count). The second kappa shape index (κ2) is 13.2. The number of benzene rings is 4. The smallest absolute Gasteiger partial charge is 0.311 e. The van der Waals surface area contributed by atoms with E-state index in [9.17, 15) is 4.79 Å². The fourth-order valence-corrected chi connectivity index (χ4v) is 5.32. The van der Waals surface area contributed by atoms with Gasteiger partial charge in [0.15, 0.2) is 0 Å². The zero-order valence-electron chi connectivity index (χ0n) is 25.8. The van der Waals surface area contributed by atoms with E-state index < -0.39 is 5.41 Å². The monoisotopic (exact) mass is 550 g/mol. The minimum absolute atomic E-state index is 0.0265. The zero-order valence-corrected chi connectivity index (χ0v) is 25.8. The van der Waals surface area contributed by atoms with Gasteiger partial charge in [0.2, 0.25) is 0 Å². The van der Waals surface area contributed by atoms with Crippen molar-refractivity contribution < 1.29 is 9.53 Å². The Kier molecular flexibility index (Phi) is 9.75. The van der Waals surface area contributed by atoms with Gasteiger partial charge in [-0.1, -0.05) is 79.2 Å². The van der Waals surface area contributed by atoms with Crippen LogP contribution in [-0.4, -0.2) is 31.7 Å². The maximum atomic E-state index is 12.5. The Hall–Kier alpha value is -3.79. The Morgan fingerprint density at radius 1 is 0.829 bits per heavy atom. The molecule has 0 aromatic heterocycles. The van der Waals surface area contributed by atoms with E-state index >= 15 is 0 Å². The van der Waals surface area contributed by atoms with Crippen molar-refractivity contribution in [1.82, 2.24) is 0 Å². The van der Waals surface area contributed by atoms with E-state index in [0.717, 1.165) is 30.6 Å². The molecule has 2 unspecified atom stereocenters. The number of aryl methyl sites for hydroxylation is 1. The van der Waals surface area contributed by atoms with Crippen LogP contribution in [0.1, 0.15) is 76.1 Å². The molecule has 0 heterocycles. The molecule has 0 saturated heterocycles. The Balaban J connectivity index is 1.71. The topological polar surface area (TPSA) is 41.6 Å². The molecule has 0 saturated carbocycles. The minimum Gasteiger partial charge on any atom is -0.463 e. The Labute approximate surface area is 246 Å². The maximum Gasteiger partial charge on any atom is 0.311 e. The minimum atomic E-state index is -0.470. The highest BCUT2D eigenvalue weighted by atomic mass is 16.5. The molecule has 2 atom stereocenters. The van der Waals surface area contributed by atoms with Crippen LogP contribution in [0, 0.1) is 12.3 Å². The predicted octanol–water partition coefficient (Wildman–Crippen LogP) is 8.95. The van der Waals surface area contributed by atoms with Gasteiger partial charge in [-0.2, -0.15) is 0 Å². The normalized spacial score (nSPS) is 13.0. The molecule has 0 aliphatic rings. The van der Waals surface area contributed by atoms with Crippen molar-refractivity contribution in [2.75, 3.05) is 29.9 Å². The predicted molar refractivity (Wildman–Crippen MR) is 174 cm³/mol. The first-order valence-corrected chi connectivity index (χ1v) is 15.0. The van der Waals surface area contributed by atoms with Crippen molar-refractivity contribution in [3.05, 3.63) is 107 Å². The summed E-state index contributed by atoms with van der Waals surface area (Å²) in [5, 5.41) is 5.99. The summed E-state index contributed by atoms with van der Waals surface area (Å²) < 4.78 is 5.67. The van der Waals surface area contributed by atoms with Gasteiger partial charge in [-0.05, 0) is 88.2 Å². The summed E-state index contributed by atoms with van der Waals surface area (Å²) >= 11 is 0. The quantitative estimate of drug-likeness (QED) is 0.141. The van der Waals surface area contributed by atoms with Crippen molar-refractivity contribution in [3.8, 4) is 0 Å². The number of carbonyl (C=O) groups is 1. The third-order valence-corrected chi connectivity index (χ3v) is 8.34. The number of nitrogens with one attached hydrogen (secondary N) is 1. The maximum absolute atomic E-state index is 12.5. The highest BCUT2D eigenvalue weighted by molar-refractivity contribution is 5.97. The van der Waals surface area contributed by atoms with Gasteiger partial charge in [-0.15, -0.1) is 0 Å². The molecule has 0 radical (unpaired) electrons. The zero-order chi connectivity index (χ0) is 29.6. The van der Waals surface area contributed by atoms with Crippen molar-refractivity contribution >= 4 is 28.1 Å². The van der Waals surface area contributed by atoms with E-state index in [4.69, 9.17) is 4.74 Å². The number of ether oxygens (including phenoxy) is 1. The lowest BCUT2D eigenvalue weighted by molar-refractivity contribution is -0.154. The fourth-order valence-electron chi connectivity index (χ4n) is 5.32. The van der Waals surface area contributed by atoms with Crippen molar-refractivity contribution in [2.24, 2.45) is 5.41 Å². The van der Waals surface area contributed by atoms with Gasteiger partial charge in [-0.25, -0.2) is 0 Å². The number of fused-ring (bicyclic) bond motifs is 1. The molecule has 1 N–H and O–H groups in total. The average molecular weight is 551 g/mol. The average Bonchev–Trinajstić information content (AvgIpc) is 2.99. The van der Waals surface area contributed by atoms with E-state index in [-0.39, 0.29) is 17.9 Å². The number of carbonyl (C=O) groups excluding carboxylic acids is 1. The summed E-state index contributed by atoms with van der Waals surface area (Å²) in [5.74, 6) is -0.0586. The van der Waals surface area contributed by atoms with Gasteiger partial charge in [0.1, 0.15) is 6.61 Å². The molecule has 0 bridgehead atoms. The van der Waals surface area contributed by atoms with Crippen LogP contribution < -0.4 is 10.2 Å². The molecule has 4 aromatic carbocycles. The van der Waals surface area contributed by atoms with Gasteiger partial charge in [0, 0.05) is 35.8 Å². The Morgan fingerprint density at radius 3 is 2.00 bits per heavy atom. The molecule has 0 amide bonds. The van der Waals surface area contributed by atoms with E-state index in [0.29, 0.717) is 6.61 Å². The van der Waals surface area contributed by atoms with Crippen LogP contribution in [0.2, 0.25) is 0 Å². The SMILES string of the molecule is CCN(CC)c1ccc(C(c2ccc(C)cc2)c2ccc(NC(C)COC(=O)C(C)(C)CC)c3ccccc23)cc1. The Bertz CT molecular complexity index is 1440. The number of anilines is 2. The van der Waals surface area contributed by atoms with E-state index in [1.165, 1.54) is 33.3 Å². The standard InChI is InChI=1S/C37H46N2O2/c1-8-37(6,7)36(40)41-25-27(5)38-34-24-23-33(31-13-11-12-14-32(31)34)35(28-17-15-26(4)16-18-28)29-19-21-30(22-20-29)39(9-2)10-3/h11-24,27,35,38H,8-10,25H2,1-7H3. The first-order valence-electron chi connectivity index (χ1n) is 15.0. The van der Waals surface area contributed by atoms with Crippen LogP contribution in [0.15, 0.2) is 84.9 Å². The number of hydrogen-bond donors (Lipinski definition) is 1. The first kappa shape index (κ1) is 30.2. The number of nitrogens with zero attached hydrogens (tertiary/aromatic N) is 1. The number of rotatable bonds is 12. The van der Waals surface area contributed by atoms with Crippen LogP contribution in [-0.2, 0) is 9.53 Å². The van der Waals surface area contributed by atoms with E-state index in [1.807, 2.05) is 20.8 Å². The summed E-state index contributed by atoms with van der Waals surface area (Å²) in [6, 6.07) is 31.0. The lowest BCUT2D eigenvalue weighted by atomic mass is 9.82. The van der Waals surface area contributed by atoms with Crippen LogP contribution in [0.3, 0.4) is 0 Å². The molecule has 41 heavy (non-hydrogen) atoms. The first-order chi connectivity index (χ1) is 19.7. The summed E-state index contributed by atoms with van der Waals surface area (Å²) in [5.41, 5.74) is 6.90. The lowest BCUT2D eigenvalue weighted by Crippen LogP contribution is -2.30. The van der Waals surface area contributed by atoms with Gasteiger partial charge in [0.05, 0.1) is 11.5 Å². The molecular weight excluding hydrogens is 504 g/mol. The highest BCUT2D eigenvalue weighted by Gasteiger charge is 2.27. The van der Waals surface area contributed by atoms with Crippen molar-refractivity contribution in [1.29, 1.82) is 0 Å². The van der Waals surface area contributed by atoms with Crippen LogP contribution in [0.4, 0.5) is 11.4 Å². The summed E-state index contributed by atoms with van der Waals surface area (Å²) in [4.78, 5) is 14.9. The van der Waals surface area contributed by atoms with Crippen LogP contribution in [0.5, 0.6) is 0 Å². The van der Waals surface area contributed by atoms with Crippen molar-refractivity contribution in [2.45, 2.75) is 66.8 Å². The van der Waals surface area contributed by atoms with E-state index in [2.05, 4.69) is 123 Å². The van der Waals surface area contributed by atoms with Gasteiger partial charge >= 0.3 is 5.97 Å². The van der Waals surface area contributed by atoms with Gasteiger partial charge in [0.25, 0.3) is 0 Å². The molecule has 4 nitrogen and oxygen atoms in total. The number of hydrogen-bond acceptors (Lipinski definition) is 4. The van der Waals surface area contributed by atoms with Gasteiger partial charge in [-0.3, -0.25) is 4.79 Å². The Morgan fingerprint density at radius 2 is 1.41 bits per heavy atom. The molecule has 4 heteroatoms. The summed E-state index contributed by atoms with van der Waals surface area (Å²) in [7, 11) is 0. The molecular formula is C37H46N2O2. The molecule has 0 spiro atoms. The second-order valence-corrected chi connectivity index (χ2v) is 11.7. The summed E-state index contributed by atoms with van der Waals surface area (Å²) in [6.07, 6.45) is 0.750. The van der Waals surface area contributed by atoms with E-state index in [1.54, 1.807) is 0 Å². The molecule has 0 aliphatic carbocycles. The second-order valence-electron chi connectivity index (χ2n) is 11.7. The molecule has 0 fully saturated rings. The van der Waals surface area contributed by atoms with Crippen LogP contribution in [0.25, 0.3) is 10.8 Å². The lowest BCUT2D eigenvalue weighted by Gasteiger charge is -2.25. The highest BCUT2D eigenvalue weighted by Crippen LogP contribution is 2.39. The largest absolute Gasteiger partial charge is 0.463 e. The van der Waals surface area contributed by atoms with Gasteiger partial charge < -0.3 is 15.0 Å². The fraction of sp³-hybridized carbons (Fsp3) is 0.378. The third kappa shape index (κ3) is 6.93. The van der Waals surface area contributed by atoms with Crippen LogP contribution >= 0.6 is 0 Å². The summed E-state index contributed by atoms with van der Waals surface area (Å²) in [6.45, 7) is 16.8. The molecule has 0 aliphatic heterocycles. The molecule has 216 valence electrons.